The normalized spacial score (nSPS) is 13.8. The van der Waals surface area contributed by atoms with Crippen LogP contribution in [0.3, 0.4) is 0 Å². The number of carbonyl (C=O) groups excluding carboxylic acids is 1. The minimum absolute atomic E-state index is 0.0722. The van der Waals surface area contributed by atoms with Gasteiger partial charge in [-0.2, -0.15) is 4.31 Å². The van der Waals surface area contributed by atoms with Crippen molar-refractivity contribution in [1.82, 2.24) is 4.31 Å². The Balaban J connectivity index is 1.90. The first-order valence-corrected chi connectivity index (χ1v) is 11.4. The third-order valence-corrected chi connectivity index (χ3v) is 6.99. The summed E-state index contributed by atoms with van der Waals surface area (Å²) in [4.78, 5) is 14.2. The molecule has 0 unspecified atom stereocenters. The standard InChI is InChI=1S/C22H28N2O3S/c1-3-5-14-23(17-18-9-7-6-8-10-18)28(26,27)20-11-12-21-19(16-20)13-15-24(21)22(25)4-2/h6-12,16H,3-5,13-15,17H2,1-2H3. The lowest BCUT2D eigenvalue weighted by Crippen LogP contribution is -2.31. The van der Waals surface area contributed by atoms with Crippen LogP contribution in [0.2, 0.25) is 0 Å². The molecule has 5 nitrogen and oxygen atoms in total. The predicted molar refractivity (Wildman–Crippen MR) is 112 cm³/mol. The summed E-state index contributed by atoms with van der Waals surface area (Å²) in [5.74, 6) is 0.0722. The molecule has 0 aromatic heterocycles. The van der Waals surface area contributed by atoms with E-state index in [0.717, 1.165) is 29.7 Å². The van der Waals surface area contributed by atoms with E-state index >= 15 is 0 Å². The number of amides is 1. The SMILES string of the molecule is CCCCN(Cc1ccccc1)S(=O)(=O)c1ccc2c(c1)CCN2C(=O)CC. The second-order valence-corrected chi connectivity index (χ2v) is 9.06. The van der Waals surface area contributed by atoms with Gasteiger partial charge in [-0.1, -0.05) is 50.6 Å². The molecule has 28 heavy (non-hydrogen) atoms. The molecule has 0 spiro atoms. The highest BCUT2D eigenvalue weighted by atomic mass is 32.2. The molecule has 1 aliphatic rings. The maximum Gasteiger partial charge on any atom is 0.243 e. The van der Waals surface area contributed by atoms with Crippen LogP contribution in [-0.4, -0.2) is 31.7 Å². The molecule has 0 atom stereocenters. The van der Waals surface area contributed by atoms with Gasteiger partial charge in [-0.25, -0.2) is 8.42 Å². The van der Waals surface area contributed by atoms with E-state index in [1.54, 1.807) is 27.4 Å². The Labute approximate surface area is 168 Å². The van der Waals surface area contributed by atoms with Crippen LogP contribution < -0.4 is 4.90 Å². The van der Waals surface area contributed by atoms with Crippen LogP contribution in [0, 0.1) is 0 Å². The number of anilines is 1. The molecule has 6 heteroatoms. The van der Waals surface area contributed by atoms with E-state index in [1.165, 1.54) is 0 Å². The lowest BCUT2D eigenvalue weighted by atomic mass is 10.2. The molecule has 1 heterocycles. The molecule has 0 bridgehead atoms. The summed E-state index contributed by atoms with van der Waals surface area (Å²) in [6.45, 7) is 5.37. The van der Waals surface area contributed by atoms with Gasteiger partial charge in [0.25, 0.3) is 0 Å². The van der Waals surface area contributed by atoms with Gasteiger partial charge >= 0.3 is 0 Å². The lowest BCUT2D eigenvalue weighted by Gasteiger charge is -2.23. The molecule has 2 aromatic carbocycles. The molecule has 0 fully saturated rings. The van der Waals surface area contributed by atoms with Crippen molar-refractivity contribution in [2.45, 2.75) is 51.0 Å². The van der Waals surface area contributed by atoms with Gasteiger partial charge in [0.05, 0.1) is 4.90 Å². The second-order valence-electron chi connectivity index (χ2n) is 7.12. The summed E-state index contributed by atoms with van der Waals surface area (Å²) in [6, 6.07) is 14.8. The van der Waals surface area contributed by atoms with Gasteiger partial charge in [0.2, 0.25) is 15.9 Å². The first-order chi connectivity index (χ1) is 13.5. The van der Waals surface area contributed by atoms with Crippen LogP contribution in [-0.2, 0) is 27.8 Å². The zero-order valence-electron chi connectivity index (χ0n) is 16.6. The first kappa shape index (κ1) is 20.6. The molecule has 0 radical (unpaired) electrons. The number of benzene rings is 2. The molecule has 0 saturated carbocycles. The Hall–Kier alpha value is -2.18. The van der Waals surface area contributed by atoms with Crippen molar-refractivity contribution >= 4 is 21.6 Å². The number of carbonyl (C=O) groups is 1. The van der Waals surface area contributed by atoms with Crippen molar-refractivity contribution in [2.75, 3.05) is 18.0 Å². The van der Waals surface area contributed by atoms with E-state index in [1.807, 2.05) is 37.3 Å². The van der Waals surface area contributed by atoms with Gasteiger partial charge in [0.1, 0.15) is 0 Å². The molecule has 0 aliphatic carbocycles. The largest absolute Gasteiger partial charge is 0.312 e. The third-order valence-electron chi connectivity index (χ3n) is 5.15. The highest BCUT2D eigenvalue weighted by Crippen LogP contribution is 2.32. The number of nitrogens with zero attached hydrogens (tertiary/aromatic N) is 2. The van der Waals surface area contributed by atoms with E-state index < -0.39 is 10.0 Å². The fraction of sp³-hybridized carbons (Fsp3) is 0.409. The zero-order valence-corrected chi connectivity index (χ0v) is 17.4. The average Bonchev–Trinajstić information content (AvgIpc) is 3.14. The highest BCUT2D eigenvalue weighted by molar-refractivity contribution is 7.89. The van der Waals surface area contributed by atoms with Crippen molar-refractivity contribution in [3.05, 3.63) is 59.7 Å². The molecule has 1 aliphatic heterocycles. The van der Waals surface area contributed by atoms with Crippen molar-refractivity contribution < 1.29 is 13.2 Å². The summed E-state index contributed by atoms with van der Waals surface area (Å²) in [5, 5.41) is 0. The second kappa shape index (κ2) is 8.88. The van der Waals surface area contributed by atoms with Crippen molar-refractivity contribution in [3.63, 3.8) is 0 Å². The quantitative estimate of drug-likeness (QED) is 0.673. The van der Waals surface area contributed by atoms with Crippen molar-refractivity contribution in [3.8, 4) is 0 Å². The summed E-state index contributed by atoms with van der Waals surface area (Å²) in [7, 11) is -3.61. The summed E-state index contributed by atoms with van der Waals surface area (Å²) >= 11 is 0. The number of hydrogen-bond acceptors (Lipinski definition) is 3. The number of rotatable bonds is 8. The molecule has 150 valence electrons. The van der Waals surface area contributed by atoms with E-state index in [9.17, 15) is 13.2 Å². The fourth-order valence-electron chi connectivity index (χ4n) is 3.54. The Morgan fingerprint density at radius 2 is 1.86 bits per heavy atom. The Kier molecular flexibility index (Phi) is 6.52. The summed E-state index contributed by atoms with van der Waals surface area (Å²) in [5.41, 5.74) is 2.75. The van der Waals surface area contributed by atoms with Crippen LogP contribution in [0.5, 0.6) is 0 Å². The first-order valence-electron chi connectivity index (χ1n) is 9.94. The molecule has 0 saturated heterocycles. The molecule has 0 N–H and O–H groups in total. The van der Waals surface area contributed by atoms with Gasteiger partial charge in [0, 0.05) is 31.7 Å². The molecule has 3 rings (SSSR count). The van der Waals surface area contributed by atoms with Crippen LogP contribution in [0.25, 0.3) is 0 Å². The molecule has 1 amide bonds. The smallest absolute Gasteiger partial charge is 0.243 e. The number of unbranched alkanes of at least 4 members (excludes halogenated alkanes) is 1. The minimum Gasteiger partial charge on any atom is -0.312 e. The average molecular weight is 401 g/mol. The van der Waals surface area contributed by atoms with Crippen LogP contribution in [0.15, 0.2) is 53.4 Å². The summed E-state index contributed by atoms with van der Waals surface area (Å²) in [6.07, 6.45) is 2.88. The number of fused-ring (bicyclic) bond motifs is 1. The maximum absolute atomic E-state index is 13.4. The number of sulfonamides is 1. The topological polar surface area (TPSA) is 57.7 Å². The number of hydrogen-bond donors (Lipinski definition) is 0. The predicted octanol–water partition coefficient (Wildman–Crippen LogP) is 3.98. The van der Waals surface area contributed by atoms with Crippen LogP contribution >= 0.6 is 0 Å². The molecule has 2 aromatic rings. The van der Waals surface area contributed by atoms with Gasteiger partial charge in [-0.3, -0.25) is 4.79 Å². The molecular formula is C22H28N2O3S. The van der Waals surface area contributed by atoms with E-state index in [2.05, 4.69) is 6.92 Å². The van der Waals surface area contributed by atoms with Gasteiger partial charge in [0.15, 0.2) is 0 Å². The van der Waals surface area contributed by atoms with Crippen molar-refractivity contribution in [2.24, 2.45) is 0 Å². The van der Waals surface area contributed by atoms with E-state index in [-0.39, 0.29) is 5.91 Å². The van der Waals surface area contributed by atoms with Gasteiger partial charge < -0.3 is 4.90 Å². The van der Waals surface area contributed by atoms with Crippen LogP contribution in [0.1, 0.15) is 44.2 Å². The Morgan fingerprint density at radius 1 is 1.11 bits per heavy atom. The van der Waals surface area contributed by atoms with Crippen LogP contribution in [0.4, 0.5) is 5.69 Å². The highest BCUT2D eigenvalue weighted by Gasteiger charge is 2.28. The van der Waals surface area contributed by atoms with Gasteiger partial charge in [-0.15, -0.1) is 0 Å². The Bertz CT molecular complexity index is 926. The minimum atomic E-state index is -3.61. The van der Waals surface area contributed by atoms with Crippen molar-refractivity contribution in [1.29, 1.82) is 0 Å². The van der Waals surface area contributed by atoms with E-state index in [0.29, 0.717) is 37.4 Å². The summed E-state index contributed by atoms with van der Waals surface area (Å²) < 4.78 is 28.3. The maximum atomic E-state index is 13.4. The third kappa shape index (κ3) is 4.28. The van der Waals surface area contributed by atoms with Gasteiger partial charge in [-0.05, 0) is 42.2 Å². The Morgan fingerprint density at radius 3 is 2.54 bits per heavy atom. The van der Waals surface area contributed by atoms with E-state index in [4.69, 9.17) is 0 Å². The monoisotopic (exact) mass is 400 g/mol. The zero-order chi connectivity index (χ0) is 20.1. The molecular weight excluding hydrogens is 372 g/mol. The lowest BCUT2D eigenvalue weighted by molar-refractivity contribution is -0.118. The fourth-order valence-corrected chi connectivity index (χ4v) is 5.06.